The molecule has 0 saturated carbocycles. The lowest BCUT2D eigenvalue weighted by Crippen LogP contribution is -2.15. The van der Waals surface area contributed by atoms with Gasteiger partial charge < -0.3 is 0 Å². The SMILES string of the molecule is CC1(C)c2ccc(-c3ccc(-c4c5ccccc5c(-c5ccc6ccccc6c5)c5ccccc45)cc3)cc2-c2ccc3ccc4c5ccccc5sc4c3c21. The highest BCUT2D eigenvalue weighted by atomic mass is 32.1. The van der Waals surface area contributed by atoms with E-state index in [0.717, 1.165) is 0 Å². The van der Waals surface area contributed by atoms with E-state index in [4.69, 9.17) is 0 Å². The Morgan fingerprint density at radius 1 is 0.375 bits per heavy atom. The van der Waals surface area contributed by atoms with E-state index in [9.17, 15) is 0 Å². The van der Waals surface area contributed by atoms with Crippen molar-refractivity contribution in [2.24, 2.45) is 0 Å². The van der Waals surface area contributed by atoms with Crippen LogP contribution in [-0.2, 0) is 5.41 Å². The largest absolute Gasteiger partial charge is 0.135 e. The highest BCUT2D eigenvalue weighted by Gasteiger charge is 2.37. The van der Waals surface area contributed by atoms with Crippen LogP contribution in [0.3, 0.4) is 0 Å². The summed E-state index contributed by atoms with van der Waals surface area (Å²) in [6, 6.07) is 68.1. The molecule has 0 aliphatic heterocycles. The molecule has 0 amide bonds. The van der Waals surface area contributed by atoms with Crippen LogP contribution in [0.4, 0.5) is 0 Å². The molecular formula is C55H36S. The van der Waals surface area contributed by atoms with Crippen molar-refractivity contribution in [3.05, 3.63) is 193 Å². The van der Waals surface area contributed by atoms with Gasteiger partial charge >= 0.3 is 0 Å². The zero-order valence-electron chi connectivity index (χ0n) is 31.2. The zero-order chi connectivity index (χ0) is 37.1. The highest BCUT2D eigenvalue weighted by Crippen LogP contribution is 2.54. The van der Waals surface area contributed by atoms with Crippen molar-refractivity contribution >= 4 is 74.6 Å². The second kappa shape index (κ2) is 11.7. The molecule has 11 aromatic rings. The predicted molar refractivity (Wildman–Crippen MR) is 243 cm³/mol. The van der Waals surface area contributed by atoms with E-state index in [-0.39, 0.29) is 5.41 Å². The fourth-order valence-electron chi connectivity index (χ4n) is 10.0. The summed E-state index contributed by atoms with van der Waals surface area (Å²) in [5.74, 6) is 0. The standard InChI is InChI=1S/C55H36S/c1-55(2)48-30-27-38(32-47(48)45-28-25-36-26-29-46-40-13-9-10-18-49(40)56-54(46)52(36)53(45)55)34-19-22-35(23-20-34)50-41-14-5-7-16-43(41)51(44-17-8-6-15-42(44)50)39-24-21-33-11-3-4-12-37(33)31-39/h3-32H,1-2H3. The fourth-order valence-corrected chi connectivity index (χ4v) is 11.3. The number of benzene rings is 10. The molecule has 0 unspecified atom stereocenters. The van der Waals surface area contributed by atoms with E-state index >= 15 is 0 Å². The van der Waals surface area contributed by atoms with Crippen molar-refractivity contribution in [2.75, 3.05) is 0 Å². The van der Waals surface area contributed by atoms with Gasteiger partial charge in [0.05, 0.1) is 0 Å². The van der Waals surface area contributed by atoms with Gasteiger partial charge in [0.15, 0.2) is 0 Å². The summed E-state index contributed by atoms with van der Waals surface area (Å²) in [4.78, 5) is 0. The normalized spacial score (nSPS) is 13.3. The molecule has 262 valence electrons. The Balaban J connectivity index is 0.992. The Morgan fingerprint density at radius 2 is 0.929 bits per heavy atom. The summed E-state index contributed by atoms with van der Waals surface area (Å²) in [5, 5.41) is 13.1. The van der Waals surface area contributed by atoms with Gasteiger partial charge in [-0.05, 0) is 112 Å². The molecule has 1 aromatic heterocycles. The average Bonchev–Trinajstić information content (AvgIpc) is 3.74. The van der Waals surface area contributed by atoms with E-state index in [1.54, 1.807) is 0 Å². The van der Waals surface area contributed by atoms with Crippen LogP contribution in [0, 0.1) is 0 Å². The molecule has 0 N–H and O–H groups in total. The minimum absolute atomic E-state index is 0.113. The molecule has 56 heavy (non-hydrogen) atoms. The van der Waals surface area contributed by atoms with Gasteiger partial charge in [0.2, 0.25) is 0 Å². The molecule has 12 rings (SSSR count). The maximum absolute atomic E-state index is 2.44. The van der Waals surface area contributed by atoms with Crippen LogP contribution in [0.15, 0.2) is 182 Å². The quantitative estimate of drug-likeness (QED) is 0.159. The molecular weight excluding hydrogens is 693 g/mol. The Kier molecular flexibility index (Phi) is 6.66. The van der Waals surface area contributed by atoms with Crippen LogP contribution in [-0.4, -0.2) is 0 Å². The third-order valence-electron chi connectivity index (χ3n) is 12.6. The number of rotatable bonds is 3. The summed E-state index contributed by atoms with van der Waals surface area (Å²) >= 11 is 1.94. The van der Waals surface area contributed by atoms with Crippen molar-refractivity contribution < 1.29 is 0 Å². The van der Waals surface area contributed by atoms with Gasteiger partial charge in [0.1, 0.15) is 0 Å². The van der Waals surface area contributed by atoms with Crippen LogP contribution in [0.2, 0.25) is 0 Å². The molecule has 1 aliphatic rings. The predicted octanol–water partition coefficient (Wildman–Crippen LogP) is 16.0. The van der Waals surface area contributed by atoms with Crippen LogP contribution in [0.5, 0.6) is 0 Å². The summed E-state index contributed by atoms with van der Waals surface area (Å²) in [6.45, 7) is 4.83. The van der Waals surface area contributed by atoms with E-state index in [1.165, 1.54) is 119 Å². The second-order valence-electron chi connectivity index (χ2n) is 16.0. The molecule has 0 saturated heterocycles. The topological polar surface area (TPSA) is 0 Å². The molecule has 0 radical (unpaired) electrons. The first-order valence-corrected chi connectivity index (χ1v) is 20.4. The van der Waals surface area contributed by atoms with Crippen molar-refractivity contribution in [3.8, 4) is 44.5 Å². The number of hydrogen-bond acceptors (Lipinski definition) is 1. The molecule has 10 aromatic carbocycles. The Labute approximate surface area is 329 Å². The van der Waals surface area contributed by atoms with Crippen LogP contribution >= 0.6 is 11.3 Å². The summed E-state index contributed by atoms with van der Waals surface area (Å²) in [5.41, 5.74) is 13.0. The van der Waals surface area contributed by atoms with E-state index in [2.05, 4.69) is 196 Å². The lowest BCUT2D eigenvalue weighted by atomic mass is 9.80. The molecule has 0 fully saturated rings. The third-order valence-corrected chi connectivity index (χ3v) is 13.8. The number of fused-ring (bicyclic) bond motifs is 12. The lowest BCUT2D eigenvalue weighted by molar-refractivity contribution is 0.667. The first-order chi connectivity index (χ1) is 27.5. The smallest absolute Gasteiger partial charge is 0.0437 e. The number of thiophene rings is 1. The van der Waals surface area contributed by atoms with Crippen molar-refractivity contribution in [1.29, 1.82) is 0 Å². The maximum Gasteiger partial charge on any atom is 0.0437 e. The molecule has 0 atom stereocenters. The average molecular weight is 729 g/mol. The van der Waals surface area contributed by atoms with Gasteiger partial charge in [-0.25, -0.2) is 0 Å². The van der Waals surface area contributed by atoms with Crippen LogP contribution < -0.4 is 0 Å². The first-order valence-electron chi connectivity index (χ1n) is 19.6. The molecule has 0 bridgehead atoms. The molecule has 0 nitrogen and oxygen atoms in total. The number of hydrogen-bond donors (Lipinski definition) is 0. The minimum Gasteiger partial charge on any atom is -0.135 e. The zero-order valence-corrected chi connectivity index (χ0v) is 32.0. The molecule has 1 aliphatic carbocycles. The highest BCUT2D eigenvalue weighted by molar-refractivity contribution is 7.26. The van der Waals surface area contributed by atoms with Gasteiger partial charge in [-0.2, -0.15) is 0 Å². The van der Waals surface area contributed by atoms with Gasteiger partial charge in [0, 0.05) is 31.0 Å². The van der Waals surface area contributed by atoms with Crippen molar-refractivity contribution in [3.63, 3.8) is 0 Å². The van der Waals surface area contributed by atoms with Gasteiger partial charge in [-0.3, -0.25) is 0 Å². The Hall–Kier alpha value is -6.54. The van der Waals surface area contributed by atoms with Crippen molar-refractivity contribution in [2.45, 2.75) is 19.3 Å². The molecule has 1 heteroatoms. The van der Waals surface area contributed by atoms with Gasteiger partial charge in [-0.1, -0.05) is 178 Å². The van der Waals surface area contributed by atoms with E-state index in [0.29, 0.717) is 0 Å². The monoisotopic (exact) mass is 728 g/mol. The minimum atomic E-state index is -0.113. The van der Waals surface area contributed by atoms with Crippen LogP contribution in [0.1, 0.15) is 25.0 Å². The fraction of sp³-hybridized carbons (Fsp3) is 0.0545. The summed E-state index contributed by atoms with van der Waals surface area (Å²) in [6.07, 6.45) is 0. The van der Waals surface area contributed by atoms with Crippen LogP contribution in [0.25, 0.3) is 108 Å². The summed E-state index contributed by atoms with van der Waals surface area (Å²) < 4.78 is 2.76. The summed E-state index contributed by atoms with van der Waals surface area (Å²) in [7, 11) is 0. The van der Waals surface area contributed by atoms with Gasteiger partial charge in [0.25, 0.3) is 0 Å². The Morgan fingerprint density at radius 3 is 1.66 bits per heavy atom. The molecule has 1 heterocycles. The first kappa shape index (κ1) is 31.8. The van der Waals surface area contributed by atoms with Gasteiger partial charge in [-0.15, -0.1) is 11.3 Å². The van der Waals surface area contributed by atoms with Crippen molar-refractivity contribution in [1.82, 2.24) is 0 Å². The van der Waals surface area contributed by atoms with E-state index < -0.39 is 0 Å². The maximum atomic E-state index is 2.44. The molecule has 0 spiro atoms. The van der Waals surface area contributed by atoms with E-state index in [1.807, 2.05) is 11.3 Å². The Bertz CT molecular complexity index is 3370. The lowest BCUT2D eigenvalue weighted by Gasteiger charge is -2.23. The third kappa shape index (κ3) is 4.47. The second-order valence-corrected chi connectivity index (χ2v) is 17.0.